The van der Waals surface area contributed by atoms with E-state index in [1.807, 2.05) is 54.6 Å². The molecule has 3 amide bonds. The molecule has 2 aromatic rings. The maximum Gasteiger partial charge on any atom is 0.328 e. The van der Waals surface area contributed by atoms with Crippen LogP contribution in [0, 0.1) is 5.92 Å². The second-order valence-electron chi connectivity index (χ2n) is 8.16. The van der Waals surface area contributed by atoms with Crippen molar-refractivity contribution < 1.29 is 24.3 Å². The zero-order chi connectivity index (χ0) is 23.4. The number of carboxylic acid groups (broad SMARTS) is 1. The summed E-state index contributed by atoms with van der Waals surface area (Å²) < 4.78 is 0. The first kappa shape index (κ1) is 22.3. The molecule has 33 heavy (non-hydrogen) atoms. The van der Waals surface area contributed by atoms with E-state index in [4.69, 9.17) is 5.11 Å². The first-order valence-corrected chi connectivity index (χ1v) is 10.9. The number of aliphatic carboxylic acids is 1. The van der Waals surface area contributed by atoms with Gasteiger partial charge in [0.15, 0.2) is 0 Å². The minimum absolute atomic E-state index is 0.00229. The highest BCUT2D eigenvalue weighted by Gasteiger charge is 2.45. The second-order valence-corrected chi connectivity index (χ2v) is 8.16. The number of hydrogen-bond donors (Lipinski definition) is 2. The van der Waals surface area contributed by atoms with Crippen molar-refractivity contribution in [2.75, 3.05) is 16.3 Å². The molecule has 2 N–H and O–H groups in total. The molecule has 2 unspecified atom stereocenters. The number of benzene rings is 2. The van der Waals surface area contributed by atoms with Crippen molar-refractivity contribution >= 4 is 35.1 Å². The lowest BCUT2D eigenvalue weighted by Crippen LogP contribution is -2.48. The van der Waals surface area contributed by atoms with Crippen LogP contribution < -0.4 is 15.1 Å². The molecule has 1 fully saturated rings. The number of para-hydroxylation sites is 2. The molecule has 0 spiro atoms. The molecule has 2 aliphatic rings. The van der Waals surface area contributed by atoms with E-state index in [1.54, 1.807) is 9.80 Å². The largest absolute Gasteiger partial charge is 0.478 e. The predicted octanol–water partition coefficient (Wildman–Crippen LogP) is 2.49. The molecule has 1 aliphatic heterocycles. The van der Waals surface area contributed by atoms with Gasteiger partial charge in [0.25, 0.3) is 0 Å². The normalized spacial score (nSPS) is 19.7. The van der Waals surface area contributed by atoms with Crippen molar-refractivity contribution in [3.8, 4) is 0 Å². The fourth-order valence-electron chi connectivity index (χ4n) is 4.63. The summed E-state index contributed by atoms with van der Waals surface area (Å²) in [4.78, 5) is 52.8. The summed E-state index contributed by atoms with van der Waals surface area (Å²) in [5.41, 5.74) is 2.29. The van der Waals surface area contributed by atoms with E-state index in [2.05, 4.69) is 5.32 Å². The Hall–Kier alpha value is -3.94. The SMILES string of the molecule is O=C(O)/C=C\C(=O)NCC(=O)N1c2ccccc2N(Cc2ccccc2)C(=O)C2CCCC21. The molecular formula is C25H25N3O5. The minimum Gasteiger partial charge on any atom is -0.478 e. The molecule has 0 saturated heterocycles. The van der Waals surface area contributed by atoms with Crippen LogP contribution in [0.2, 0.25) is 0 Å². The van der Waals surface area contributed by atoms with Crippen LogP contribution in [-0.2, 0) is 25.7 Å². The van der Waals surface area contributed by atoms with Crippen LogP contribution in [0.4, 0.5) is 11.4 Å². The van der Waals surface area contributed by atoms with Crippen LogP contribution in [-0.4, -0.2) is 41.4 Å². The maximum atomic E-state index is 13.6. The molecule has 1 saturated carbocycles. The molecule has 0 aromatic heterocycles. The Morgan fingerprint density at radius 3 is 2.39 bits per heavy atom. The van der Waals surface area contributed by atoms with Gasteiger partial charge in [-0.3, -0.25) is 14.4 Å². The molecule has 0 radical (unpaired) electrons. The van der Waals surface area contributed by atoms with Gasteiger partial charge in [-0.05, 0) is 30.5 Å². The smallest absolute Gasteiger partial charge is 0.328 e. The summed E-state index contributed by atoms with van der Waals surface area (Å²) in [5, 5.41) is 11.1. The summed E-state index contributed by atoms with van der Waals surface area (Å²) in [5.74, 6) is -2.58. The highest BCUT2D eigenvalue weighted by atomic mass is 16.4. The van der Waals surface area contributed by atoms with E-state index in [0.29, 0.717) is 36.8 Å². The van der Waals surface area contributed by atoms with Gasteiger partial charge >= 0.3 is 5.97 Å². The first-order chi connectivity index (χ1) is 16.0. The molecule has 8 nitrogen and oxygen atoms in total. The Balaban J connectivity index is 1.65. The number of fused-ring (bicyclic) bond motifs is 2. The van der Waals surface area contributed by atoms with Crippen molar-refractivity contribution in [2.24, 2.45) is 5.92 Å². The number of carboxylic acids is 1. The summed E-state index contributed by atoms with van der Waals surface area (Å²) in [6, 6.07) is 16.8. The quantitative estimate of drug-likeness (QED) is 0.662. The molecule has 8 heteroatoms. The van der Waals surface area contributed by atoms with E-state index in [0.717, 1.165) is 18.1 Å². The molecule has 1 heterocycles. The average Bonchev–Trinajstić information content (AvgIpc) is 3.27. The lowest BCUT2D eigenvalue weighted by Gasteiger charge is -2.30. The van der Waals surface area contributed by atoms with Crippen LogP contribution in [0.3, 0.4) is 0 Å². The third-order valence-corrected chi connectivity index (χ3v) is 6.07. The minimum atomic E-state index is -1.25. The van der Waals surface area contributed by atoms with Crippen molar-refractivity contribution in [1.29, 1.82) is 0 Å². The standard InChI is InChI=1S/C25H25N3O5/c29-22(13-14-24(31)32)26-15-23(30)28-19-12-6-9-18(19)25(33)27(16-17-7-2-1-3-8-17)20-10-4-5-11-21(20)28/h1-5,7-8,10-11,13-14,18-19H,6,9,12,15-16H2,(H,26,29)(H,31,32)/b14-13-. The Morgan fingerprint density at radius 2 is 1.67 bits per heavy atom. The Bertz CT molecular complexity index is 1100. The fraction of sp³-hybridized carbons (Fsp3) is 0.280. The number of amides is 3. The van der Waals surface area contributed by atoms with Crippen molar-refractivity contribution in [1.82, 2.24) is 5.32 Å². The van der Waals surface area contributed by atoms with Crippen LogP contribution in [0.1, 0.15) is 24.8 Å². The number of nitrogens with zero attached hydrogens (tertiary/aromatic N) is 2. The van der Waals surface area contributed by atoms with Gasteiger partial charge in [-0.25, -0.2) is 4.79 Å². The molecular weight excluding hydrogens is 422 g/mol. The number of nitrogens with one attached hydrogen (secondary N) is 1. The van der Waals surface area contributed by atoms with Gasteiger partial charge in [-0.15, -0.1) is 0 Å². The van der Waals surface area contributed by atoms with Crippen LogP contribution in [0.15, 0.2) is 66.7 Å². The highest BCUT2D eigenvalue weighted by molar-refractivity contribution is 6.08. The van der Waals surface area contributed by atoms with Gasteiger partial charge in [0, 0.05) is 18.2 Å². The summed E-state index contributed by atoms with van der Waals surface area (Å²) >= 11 is 0. The Kier molecular flexibility index (Phi) is 6.53. The van der Waals surface area contributed by atoms with E-state index < -0.39 is 11.9 Å². The number of carbonyl (C=O) groups is 4. The average molecular weight is 447 g/mol. The number of carbonyl (C=O) groups excluding carboxylic acids is 3. The van der Waals surface area contributed by atoms with E-state index >= 15 is 0 Å². The number of anilines is 2. The fourth-order valence-corrected chi connectivity index (χ4v) is 4.63. The Labute approximate surface area is 191 Å². The van der Waals surface area contributed by atoms with Gasteiger partial charge in [0.2, 0.25) is 17.7 Å². The summed E-state index contributed by atoms with van der Waals surface area (Å²) in [7, 11) is 0. The number of hydrogen-bond acceptors (Lipinski definition) is 4. The van der Waals surface area contributed by atoms with Crippen molar-refractivity contribution in [3.05, 3.63) is 72.3 Å². The van der Waals surface area contributed by atoms with Gasteiger partial charge in [0.1, 0.15) is 0 Å². The predicted molar refractivity (Wildman–Crippen MR) is 122 cm³/mol. The molecule has 170 valence electrons. The van der Waals surface area contributed by atoms with Gasteiger partial charge in [0.05, 0.1) is 30.4 Å². The van der Waals surface area contributed by atoms with E-state index in [-0.39, 0.29) is 30.3 Å². The molecule has 4 rings (SSSR count). The lowest BCUT2D eigenvalue weighted by atomic mass is 10.0. The van der Waals surface area contributed by atoms with Crippen LogP contribution >= 0.6 is 0 Å². The Morgan fingerprint density at radius 1 is 0.970 bits per heavy atom. The van der Waals surface area contributed by atoms with Crippen molar-refractivity contribution in [3.63, 3.8) is 0 Å². The van der Waals surface area contributed by atoms with Gasteiger partial charge in [-0.2, -0.15) is 0 Å². The monoisotopic (exact) mass is 447 g/mol. The third kappa shape index (κ3) is 4.79. The van der Waals surface area contributed by atoms with E-state index in [1.165, 1.54) is 0 Å². The molecule has 2 atom stereocenters. The highest BCUT2D eigenvalue weighted by Crippen LogP contribution is 2.43. The third-order valence-electron chi connectivity index (χ3n) is 6.07. The molecule has 1 aliphatic carbocycles. The van der Waals surface area contributed by atoms with Crippen LogP contribution in [0.5, 0.6) is 0 Å². The lowest BCUT2D eigenvalue weighted by molar-refractivity contribution is -0.131. The van der Waals surface area contributed by atoms with E-state index in [9.17, 15) is 19.2 Å². The second kappa shape index (κ2) is 9.68. The molecule has 0 bridgehead atoms. The van der Waals surface area contributed by atoms with Crippen molar-refractivity contribution in [2.45, 2.75) is 31.8 Å². The number of rotatable bonds is 6. The zero-order valence-corrected chi connectivity index (χ0v) is 18.0. The van der Waals surface area contributed by atoms with Gasteiger partial charge < -0.3 is 20.2 Å². The molecule has 2 aromatic carbocycles. The summed E-state index contributed by atoms with van der Waals surface area (Å²) in [6.45, 7) is 0.103. The topological polar surface area (TPSA) is 107 Å². The maximum absolute atomic E-state index is 13.6. The van der Waals surface area contributed by atoms with Gasteiger partial charge in [-0.1, -0.05) is 48.9 Å². The van der Waals surface area contributed by atoms with Crippen LogP contribution in [0.25, 0.3) is 0 Å². The summed E-state index contributed by atoms with van der Waals surface area (Å²) in [6.07, 6.45) is 3.81. The first-order valence-electron chi connectivity index (χ1n) is 10.9. The zero-order valence-electron chi connectivity index (χ0n) is 18.0.